The van der Waals surface area contributed by atoms with Crippen molar-refractivity contribution in [3.05, 3.63) is 17.5 Å². The molecular weight excluding hydrogens is 324 g/mol. The molecular formula is C15H19F2N3O4. The van der Waals surface area contributed by atoms with Crippen LogP contribution in [0.5, 0.6) is 0 Å². The third kappa shape index (κ3) is 2.77. The smallest absolute Gasteiger partial charge is 0.308 e. The van der Waals surface area contributed by atoms with Crippen molar-refractivity contribution in [2.45, 2.75) is 19.3 Å². The lowest BCUT2D eigenvalue weighted by Crippen LogP contribution is -2.40. The molecule has 24 heavy (non-hydrogen) atoms. The number of aryl methyl sites for hydroxylation is 1. The van der Waals surface area contributed by atoms with Gasteiger partial charge in [0.2, 0.25) is 0 Å². The molecule has 2 saturated heterocycles. The molecule has 3 heterocycles. The quantitative estimate of drug-likeness (QED) is 0.894. The molecule has 1 aromatic rings. The number of alkyl halides is 2. The lowest BCUT2D eigenvalue weighted by molar-refractivity contribution is -0.146. The van der Waals surface area contributed by atoms with Crippen LogP contribution in [0.1, 0.15) is 35.4 Å². The van der Waals surface area contributed by atoms with E-state index in [9.17, 15) is 23.5 Å². The van der Waals surface area contributed by atoms with Crippen molar-refractivity contribution in [2.24, 2.45) is 18.4 Å². The van der Waals surface area contributed by atoms with E-state index in [2.05, 4.69) is 5.10 Å². The predicted octanol–water partition coefficient (Wildman–Crippen LogP) is 1.31. The van der Waals surface area contributed by atoms with Crippen molar-refractivity contribution >= 4 is 11.9 Å². The normalized spacial score (nSPS) is 23.2. The Hall–Kier alpha value is -2.03. The molecule has 1 spiro atoms. The van der Waals surface area contributed by atoms with Gasteiger partial charge in [-0.1, -0.05) is 0 Å². The Morgan fingerprint density at radius 1 is 1.42 bits per heavy atom. The van der Waals surface area contributed by atoms with E-state index in [4.69, 9.17) is 4.74 Å². The van der Waals surface area contributed by atoms with Crippen molar-refractivity contribution in [1.82, 2.24) is 14.7 Å². The fourth-order valence-electron chi connectivity index (χ4n) is 3.71. The lowest BCUT2D eigenvalue weighted by Gasteiger charge is -2.36. The predicted molar refractivity (Wildman–Crippen MR) is 77.7 cm³/mol. The highest BCUT2D eigenvalue weighted by atomic mass is 19.3. The van der Waals surface area contributed by atoms with Gasteiger partial charge in [0, 0.05) is 38.8 Å². The molecule has 1 atom stereocenters. The average Bonchev–Trinajstić information content (AvgIpc) is 3.09. The van der Waals surface area contributed by atoms with E-state index < -0.39 is 35.3 Å². The Morgan fingerprint density at radius 2 is 2.08 bits per heavy atom. The monoisotopic (exact) mass is 343 g/mol. The Kier molecular flexibility index (Phi) is 4.29. The Bertz CT molecular complexity index is 655. The van der Waals surface area contributed by atoms with Crippen LogP contribution in [-0.2, 0) is 16.6 Å². The number of likely N-dealkylation sites (tertiary alicyclic amines) is 1. The maximum atomic E-state index is 12.8. The van der Waals surface area contributed by atoms with Gasteiger partial charge in [-0.2, -0.15) is 5.10 Å². The number of carbonyl (C=O) groups excluding carboxylic acids is 1. The van der Waals surface area contributed by atoms with E-state index in [1.807, 2.05) is 0 Å². The number of aromatic nitrogens is 2. The number of carbonyl (C=O) groups is 2. The van der Waals surface area contributed by atoms with E-state index in [0.29, 0.717) is 32.6 Å². The van der Waals surface area contributed by atoms with Gasteiger partial charge in [0.15, 0.2) is 0 Å². The number of nitrogens with zero attached hydrogens (tertiary/aromatic N) is 3. The zero-order chi connectivity index (χ0) is 17.5. The van der Waals surface area contributed by atoms with Crippen molar-refractivity contribution in [1.29, 1.82) is 0 Å². The zero-order valence-corrected chi connectivity index (χ0v) is 13.2. The molecule has 2 aliphatic heterocycles. The zero-order valence-electron chi connectivity index (χ0n) is 13.2. The van der Waals surface area contributed by atoms with Crippen LogP contribution in [-0.4, -0.2) is 58.0 Å². The van der Waals surface area contributed by atoms with Crippen LogP contribution >= 0.6 is 0 Å². The van der Waals surface area contributed by atoms with Gasteiger partial charge >= 0.3 is 5.97 Å². The first-order valence-corrected chi connectivity index (χ1v) is 7.76. The van der Waals surface area contributed by atoms with E-state index in [1.54, 1.807) is 0 Å². The van der Waals surface area contributed by atoms with Crippen LogP contribution in [0.25, 0.3) is 0 Å². The molecule has 0 radical (unpaired) electrons. The summed E-state index contributed by atoms with van der Waals surface area (Å²) in [6, 6.07) is 1.07. The Balaban J connectivity index is 1.85. The molecule has 132 valence electrons. The molecule has 7 nitrogen and oxygen atoms in total. The maximum absolute atomic E-state index is 12.8. The maximum Gasteiger partial charge on any atom is 0.308 e. The average molecular weight is 343 g/mol. The number of ether oxygens (including phenoxy) is 1. The second kappa shape index (κ2) is 6.12. The number of carboxylic acids is 1. The fraction of sp³-hybridized carbons (Fsp3) is 0.667. The molecule has 0 aliphatic carbocycles. The van der Waals surface area contributed by atoms with Gasteiger partial charge in [0.1, 0.15) is 11.4 Å². The third-order valence-corrected chi connectivity index (χ3v) is 5.06. The van der Waals surface area contributed by atoms with E-state index in [1.165, 1.54) is 11.9 Å². The van der Waals surface area contributed by atoms with Crippen LogP contribution in [0.15, 0.2) is 6.07 Å². The second-order valence-corrected chi connectivity index (χ2v) is 6.43. The highest BCUT2D eigenvalue weighted by Crippen LogP contribution is 2.44. The number of carboxylic acid groups (broad SMARTS) is 1. The summed E-state index contributed by atoms with van der Waals surface area (Å²) in [4.78, 5) is 25.8. The van der Waals surface area contributed by atoms with Gasteiger partial charge in [-0.25, -0.2) is 8.78 Å². The summed E-state index contributed by atoms with van der Waals surface area (Å²) in [5, 5.41) is 13.2. The number of halogens is 2. The van der Waals surface area contributed by atoms with Crippen molar-refractivity contribution in [2.75, 3.05) is 26.3 Å². The summed E-state index contributed by atoms with van der Waals surface area (Å²) in [6.45, 7) is 1.30. The van der Waals surface area contributed by atoms with E-state index in [-0.39, 0.29) is 12.2 Å². The standard InChI is InChI=1S/C15H19F2N3O4/c1-19-11(6-10(18-19)12(16)17)13(21)20-7-9(14(22)23)15(8-20)2-4-24-5-3-15/h6,9,12H,2-5,7-8H2,1H3,(H,22,23). The second-order valence-electron chi connectivity index (χ2n) is 6.43. The first kappa shape index (κ1) is 16.8. The van der Waals surface area contributed by atoms with Gasteiger partial charge in [0.05, 0.1) is 5.92 Å². The summed E-state index contributed by atoms with van der Waals surface area (Å²) in [5.74, 6) is -2.08. The van der Waals surface area contributed by atoms with Crippen LogP contribution in [0.3, 0.4) is 0 Å². The molecule has 9 heteroatoms. The summed E-state index contributed by atoms with van der Waals surface area (Å²) < 4.78 is 32.0. The topological polar surface area (TPSA) is 84.7 Å². The number of aliphatic carboxylic acids is 1. The van der Waals surface area contributed by atoms with Gasteiger partial charge in [-0.3, -0.25) is 14.3 Å². The minimum atomic E-state index is -2.76. The fourth-order valence-corrected chi connectivity index (χ4v) is 3.71. The molecule has 1 unspecified atom stereocenters. The van der Waals surface area contributed by atoms with Crippen LogP contribution in [0, 0.1) is 11.3 Å². The number of amides is 1. The largest absolute Gasteiger partial charge is 0.481 e. The van der Waals surface area contributed by atoms with Crippen LogP contribution < -0.4 is 0 Å². The SMILES string of the molecule is Cn1nc(C(F)F)cc1C(=O)N1CC(C(=O)O)C2(CCOCC2)C1. The third-order valence-electron chi connectivity index (χ3n) is 5.06. The molecule has 2 fully saturated rings. The number of rotatable bonds is 3. The minimum Gasteiger partial charge on any atom is -0.481 e. The molecule has 0 aromatic carbocycles. The van der Waals surface area contributed by atoms with Gasteiger partial charge < -0.3 is 14.7 Å². The summed E-state index contributed by atoms with van der Waals surface area (Å²) in [7, 11) is 1.42. The molecule has 1 aromatic heterocycles. The van der Waals surface area contributed by atoms with Crippen molar-refractivity contribution in [3.63, 3.8) is 0 Å². The highest BCUT2D eigenvalue weighted by molar-refractivity contribution is 5.93. The highest BCUT2D eigenvalue weighted by Gasteiger charge is 2.52. The summed E-state index contributed by atoms with van der Waals surface area (Å²) >= 11 is 0. The minimum absolute atomic E-state index is 0.0403. The van der Waals surface area contributed by atoms with E-state index in [0.717, 1.165) is 10.7 Å². The van der Waals surface area contributed by atoms with Crippen molar-refractivity contribution < 1.29 is 28.2 Å². The van der Waals surface area contributed by atoms with E-state index >= 15 is 0 Å². The Morgan fingerprint density at radius 3 is 2.62 bits per heavy atom. The molecule has 1 N–H and O–H groups in total. The lowest BCUT2D eigenvalue weighted by atomic mass is 9.72. The van der Waals surface area contributed by atoms with Gasteiger partial charge in [0.25, 0.3) is 12.3 Å². The first-order chi connectivity index (χ1) is 11.3. The molecule has 3 rings (SSSR count). The van der Waals surface area contributed by atoms with Gasteiger partial charge in [-0.15, -0.1) is 0 Å². The molecule has 2 aliphatic rings. The Labute approximate surface area is 137 Å². The molecule has 0 bridgehead atoms. The first-order valence-electron chi connectivity index (χ1n) is 7.76. The number of hydrogen-bond donors (Lipinski definition) is 1. The van der Waals surface area contributed by atoms with Crippen molar-refractivity contribution in [3.8, 4) is 0 Å². The molecule has 1 amide bonds. The summed E-state index contributed by atoms with van der Waals surface area (Å²) in [5.41, 5.74) is -0.932. The molecule has 0 saturated carbocycles. The summed E-state index contributed by atoms with van der Waals surface area (Å²) in [6.07, 6.45) is -1.62. The van der Waals surface area contributed by atoms with Crippen LogP contribution in [0.4, 0.5) is 8.78 Å². The number of hydrogen-bond acceptors (Lipinski definition) is 4. The van der Waals surface area contributed by atoms with Crippen LogP contribution in [0.2, 0.25) is 0 Å². The van der Waals surface area contributed by atoms with Gasteiger partial charge in [-0.05, 0) is 18.9 Å².